The van der Waals surface area contributed by atoms with Crippen molar-refractivity contribution in [3.05, 3.63) is 42.5 Å². The van der Waals surface area contributed by atoms with E-state index in [9.17, 15) is 5.11 Å². The van der Waals surface area contributed by atoms with Crippen molar-refractivity contribution in [3.63, 3.8) is 0 Å². The van der Waals surface area contributed by atoms with E-state index in [1.54, 1.807) is 19.4 Å². The van der Waals surface area contributed by atoms with E-state index in [0.717, 1.165) is 19.4 Å². The van der Waals surface area contributed by atoms with E-state index in [1.807, 2.05) is 24.7 Å². The predicted octanol–water partition coefficient (Wildman–Crippen LogP) is 2.23. The summed E-state index contributed by atoms with van der Waals surface area (Å²) in [5.74, 6) is 0.719. The lowest BCUT2D eigenvalue weighted by atomic mass is 10.1. The number of methoxy groups -OCH3 is 1. The zero-order valence-corrected chi connectivity index (χ0v) is 9.84. The second kappa shape index (κ2) is 5.39. The number of phenols is 1. The number of imidazole rings is 1. The number of aryl methyl sites for hydroxylation is 2. The molecule has 90 valence electrons. The standard InChI is InChI=1S/C13H16N2O2/c1-17-13-9-11(4-5-12(13)16)3-2-7-15-8-6-14-10-15/h4-6,8-10,16H,2-3,7H2,1H3. The Morgan fingerprint density at radius 3 is 3.00 bits per heavy atom. The second-order valence-electron chi connectivity index (χ2n) is 3.91. The van der Waals surface area contributed by atoms with Crippen LogP contribution in [0.4, 0.5) is 0 Å². The summed E-state index contributed by atoms with van der Waals surface area (Å²) in [4.78, 5) is 4.00. The maximum absolute atomic E-state index is 9.47. The van der Waals surface area contributed by atoms with Crippen LogP contribution in [-0.2, 0) is 13.0 Å². The van der Waals surface area contributed by atoms with Crippen LogP contribution in [0.3, 0.4) is 0 Å². The lowest BCUT2D eigenvalue weighted by Crippen LogP contribution is -1.97. The van der Waals surface area contributed by atoms with Crippen molar-refractivity contribution in [2.24, 2.45) is 0 Å². The summed E-state index contributed by atoms with van der Waals surface area (Å²) in [6.45, 7) is 0.948. The first-order valence-corrected chi connectivity index (χ1v) is 5.61. The highest BCUT2D eigenvalue weighted by atomic mass is 16.5. The third-order valence-electron chi connectivity index (χ3n) is 2.69. The van der Waals surface area contributed by atoms with Gasteiger partial charge in [0.05, 0.1) is 13.4 Å². The Kier molecular flexibility index (Phi) is 3.65. The van der Waals surface area contributed by atoms with Crippen LogP contribution in [0.1, 0.15) is 12.0 Å². The van der Waals surface area contributed by atoms with Crippen molar-refractivity contribution in [3.8, 4) is 11.5 Å². The van der Waals surface area contributed by atoms with Crippen molar-refractivity contribution in [2.75, 3.05) is 7.11 Å². The molecule has 0 aliphatic heterocycles. The van der Waals surface area contributed by atoms with Gasteiger partial charge in [-0.15, -0.1) is 0 Å². The van der Waals surface area contributed by atoms with E-state index in [4.69, 9.17) is 4.74 Å². The minimum absolute atomic E-state index is 0.186. The van der Waals surface area contributed by atoms with Crippen LogP contribution in [-0.4, -0.2) is 21.8 Å². The van der Waals surface area contributed by atoms with Gasteiger partial charge in [-0.05, 0) is 30.5 Å². The smallest absolute Gasteiger partial charge is 0.160 e. The number of hydrogen-bond acceptors (Lipinski definition) is 3. The highest BCUT2D eigenvalue weighted by molar-refractivity contribution is 5.41. The molecule has 1 heterocycles. The van der Waals surface area contributed by atoms with Crippen molar-refractivity contribution < 1.29 is 9.84 Å². The molecule has 2 aromatic rings. The summed E-state index contributed by atoms with van der Waals surface area (Å²) in [6.07, 6.45) is 7.54. The summed E-state index contributed by atoms with van der Waals surface area (Å²) in [5, 5.41) is 9.47. The summed E-state index contributed by atoms with van der Waals surface area (Å²) in [5.41, 5.74) is 1.17. The zero-order chi connectivity index (χ0) is 12.1. The molecule has 0 saturated heterocycles. The van der Waals surface area contributed by atoms with Gasteiger partial charge < -0.3 is 14.4 Å². The fraction of sp³-hybridized carbons (Fsp3) is 0.308. The molecule has 0 unspecified atom stereocenters. The van der Waals surface area contributed by atoms with Crippen molar-refractivity contribution in [1.82, 2.24) is 9.55 Å². The number of rotatable bonds is 5. The summed E-state index contributed by atoms with van der Waals surface area (Å²) in [6, 6.07) is 5.47. The average Bonchev–Trinajstić information content (AvgIpc) is 2.84. The Morgan fingerprint density at radius 2 is 2.29 bits per heavy atom. The number of benzene rings is 1. The number of aromatic hydroxyl groups is 1. The number of aromatic nitrogens is 2. The van der Waals surface area contributed by atoms with Gasteiger partial charge >= 0.3 is 0 Å². The van der Waals surface area contributed by atoms with Gasteiger partial charge in [0.15, 0.2) is 11.5 Å². The van der Waals surface area contributed by atoms with Gasteiger partial charge in [-0.3, -0.25) is 0 Å². The topological polar surface area (TPSA) is 47.3 Å². The SMILES string of the molecule is COc1cc(CCCn2ccnc2)ccc1O. The van der Waals surface area contributed by atoms with Crippen LogP contribution in [0.5, 0.6) is 11.5 Å². The highest BCUT2D eigenvalue weighted by Crippen LogP contribution is 2.26. The summed E-state index contributed by atoms with van der Waals surface area (Å²) >= 11 is 0. The Bertz CT molecular complexity index is 466. The van der Waals surface area contributed by atoms with Crippen LogP contribution in [0.2, 0.25) is 0 Å². The average molecular weight is 232 g/mol. The molecule has 17 heavy (non-hydrogen) atoms. The number of nitrogens with zero attached hydrogens (tertiary/aromatic N) is 2. The molecule has 2 rings (SSSR count). The summed E-state index contributed by atoms with van der Waals surface area (Å²) in [7, 11) is 1.56. The van der Waals surface area contributed by atoms with E-state index in [1.165, 1.54) is 5.56 Å². The van der Waals surface area contributed by atoms with Crippen LogP contribution in [0.25, 0.3) is 0 Å². The van der Waals surface area contributed by atoms with Crippen LogP contribution in [0.15, 0.2) is 36.9 Å². The van der Waals surface area contributed by atoms with Gasteiger partial charge in [-0.25, -0.2) is 4.98 Å². The first-order valence-electron chi connectivity index (χ1n) is 5.61. The number of ether oxygens (including phenoxy) is 1. The number of phenolic OH excluding ortho intramolecular Hbond substituents is 1. The fourth-order valence-corrected chi connectivity index (χ4v) is 1.76. The van der Waals surface area contributed by atoms with Gasteiger partial charge in [0.25, 0.3) is 0 Å². The van der Waals surface area contributed by atoms with Gasteiger partial charge in [0.2, 0.25) is 0 Å². The molecule has 0 aliphatic carbocycles. The molecular weight excluding hydrogens is 216 g/mol. The first-order chi connectivity index (χ1) is 8.29. The Morgan fingerprint density at radius 1 is 1.41 bits per heavy atom. The molecule has 0 amide bonds. The minimum Gasteiger partial charge on any atom is -0.504 e. The summed E-state index contributed by atoms with van der Waals surface area (Å²) < 4.78 is 7.13. The van der Waals surface area contributed by atoms with E-state index < -0.39 is 0 Å². The van der Waals surface area contributed by atoms with Crippen LogP contribution in [0, 0.1) is 0 Å². The third-order valence-corrected chi connectivity index (χ3v) is 2.69. The van der Waals surface area contributed by atoms with Gasteiger partial charge in [-0.1, -0.05) is 6.07 Å². The first kappa shape index (κ1) is 11.5. The molecular formula is C13H16N2O2. The zero-order valence-electron chi connectivity index (χ0n) is 9.84. The molecule has 0 aliphatic rings. The molecule has 0 atom stereocenters. The molecule has 1 aromatic carbocycles. The van der Waals surface area contributed by atoms with Crippen molar-refractivity contribution in [2.45, 2.75) is 19.4 Å². The van der Waals surface area contributed by atoms with Crippen molar-refractivity contribution in [1.29, 1.82) is 0 Å². The normalized spacial score (nSPS) is 10.4. The Balaban J connectivity index is 1.90. The quantitative estimate of drug-likeness (QED) is 0.860. The maximum atomic E-state index is 9.47. The monoisotopic (exact) mass is 232 g/mol. The van der Waals surface area contributed by atoms with Crippen molar-refractivity contribution >= 4 is 0 Å². The predicted molar refractivity (Wildman–Crippen MR) is 65.2 cm³/mol. The van der Waals surface area contributed by atoms with E-state index in [2.05, 4.69) is 9.55 Å². The fourth-order valence-electron chi connectivity index (χ4n) is 1.76. The molecule has 1 aromatic heterocycles. The molecule has 0 radical (unpaired) electrons. The van der Waals surface area contributed by atoms with Crippen LogP contribution >= 0.6 is 0 Å². The lowest BCUT2D eigenvalue weighted by molar-refractivity contribution is 0.373. The van der Waals surface area contributed by atoms with Gasteiger partial charge in [0.1, 0.15) is 0 Å². The maximum Gasteiger partial charge on any atom is 0.160 e. The molecule has 4 heteroatoms. The van der Waals surface area contributed by atoms with E-state index in [0.29, 0.717) is 5.75 Å². The van der Waals surface area contributed by atoms with Crippen LogP contribution < -0.4 is 4.74 Å². The Hall–Kier alpha value is -1.97. The Labute approximate surface area is 100 Å². The largest absolute Gasteiger partial charge is 0.504 e. The molecule has 0 bridgehead atoms. The minimum atomic E-state index is 0.186. The lowest BCUT2D eigenvalue weighted by Gasteiger charge is -2.07. The molecule has 0 spiro atoms. The van der Waals surface area contributed by atoms with Gasteiger partial charge in [-0.2, -0.15) is 0 Å². The molecule has 0 fully saturated rings. The highest BCUT2D eigenvalue weighted by Gasteiger charge is 2.02. The number of hydrogen-bond donors (Lipinski definition) is 1. The van der Waals surface area contributed by atoms with Gasteiger partial charge in [0, 0.05) is 18.9 Å². The van der Waals surface area contributed by atoms with E-state index in [-0.39, 0.29) is 5.75 Å². The molecule has 4 nitrogen and oxygen atoms in total. The third kappa shape index (κ3) is 3.00. The van der Waals surface area contributed by atoms with E-state index >= 15 is 0 Å². The molecule has 0 saturated carbocycles. The second-order valence-corrected chi connectivity index (χ2v) is 3.91. The molecule has 1 N–H and O–H groups in total.